The highest BCUT2D eigenvalue weighted by atomic mass is 15.2. The smallest absolute Gasteiger partial charge is 0.137 e. The lowest BCUT2D eigenvalue weighted by molar-refractivity contribution is 0.211. The summed E-state index contributed by atoms with van der Waals surface area (Å²) in [4.78, 5) is 10.2. The van der Waals surface area contributed by atoms with Crippen molar-refractivity contribution in [2.24, 2.45) is 0 Å². The average molecular weight is 244 g/mol. The fourth-order valence-corrected chi connectivity index (χ4v) is 2.81. The molecule has 1 aliphatic heterocycles. The molecule has 0 amide bonds. The Bertz CT molecular complexity index is 513. The number of pyridine rings is 1. The van der Waals surface area contributed by atoms with Crippen LogP contribution in [0.5, 0.6) is 0 Å². The summed E-state index contributed by atoms with van der Waals surface area (Å²) in [6.45, 7) is 6.62. The third-order valence-electron chi connectivity index (χ3n) is 3.87. The van der Waals surface area contributed by atoms with Crippen molar-refractivity contribution in [3.05, 3.63) is 30.1 Å². The zero-order valence-electron chi connectivity index (χ0n) is 10.8. The first kappa shape index (κ1) is 11.7. The van der Waals surface area contributed by atoms with E-state index in [0.29, 0.717) is 6.04 Å². The molecular formula is C14H20N4. The third kappa shape index (κ3) is 2.13. The second-order valence-electron chi connectivity index (χ2n) is 4.92. The van der Waals surface area contributed by atoms with E-state index in [-0.39, 0.29) is 0 Å². The molecule has 0 saturated carbocycles. The summed E-state index contributed by atoms with van der Waals surface area (Å²) in [5.41, 5.74) is 2.35. The quantitative estimate of drug-likeness (QED) is 0.861. The third-order valence-corrected chi connectivity index (χ3v) is 3.87. The van der Waals surface area contributed by atoms with Crippen LogP contribution >= 0.6 is 0 Å². The van der Waals surface area contributed by atoms with Gasteiger partial charge in [-0.1, -0.05) is 6.92 Å². The molecule has 18 heavy (non-hydrogen) atoms. The van der Waals surface area contributed by atoms with Gasteiger partial charge in [-0.3, -0.25) is 4.90 Å². The molecule has 0 spiro atoms. The number of H-pyrrole nitrogens is 1. The highest BCUT2D eigenvalue weighted by molar-refractivity contribution is 5.79. The maximum absolute atomic E-state index is 4.35. The molecule has 2 aromatic heterocycles. The van der Waals surface area contributed by atoms with E-state index < -0.39 is 0 Å². The molecule has 2 aromatic rings. The molecule has 0 aliphatic carbocycles. The van der Waals surface area contributed by atoms with Gasteiger partial charge in [0.2, 0.25) is 0 Å². The van der Waals surface area contributed by atoms with Gasteiger partial charge in [0, 0.05) is 36.9 Å². The van der Waals surface area contributed by atoms with Crippen LogP contribution in [0.2, 0.25) is 0 Å². The van der Waals surface area contributed by atoms with Gasteiger partial charge in [0.25, 0.3) is 0 Å². The van der Waals surface area contributed by atoms with Crippen LogP contribution in [-0.2, 0) is 6.54 Å². The highest BCUT2D eigenvalue weighted by Crippen LogP contribution is 2.19. The van der Waals surface area contributed by atoms with Gasteiger partial charge < -0.3 is 10.3 Å². The van der Waals surface area contributed by atoms with E-state index in [0.717, 1.165) is 31.8 Å². The van der Waals surface area contributed by atoms with Crippen molar-refractivity contribution >= 4 is 11.0 Å². The summed E-state index contributed by atoms with van der Waals surface area (Å²) in [6.07, 6.45) is 5.19. The predicted molar refractivity (Wildman–Crippen MR) is 73.5 cm³/mol. The van der Waals surface area contributed by atoms with E-state index in [9.17, 15) is 0 Å². The van der Waals surface area contributed by atoms with Gasteiger partial charge >= 0.3 is 0 Å². The number of rotatable bonds is 4. The molecule has 3 heterocycles. The number of nitrogens with one attached hydrogen (secondary N) is 2. The zero-order valence-corrected chi connectivity index (χ0v) is 10.8. The Kier molecular flexibility index (Phi) is 3.30. The topological polar surface area (TPSA) is 44.0 Å². The Morgan fingerprint density at radius 1 is 1.50 bits per heavy atom. The number of hydrogen-bond donors (Lipinski definition) is 2. The fraction of sp³-hybridized carbons (Fsp3) is 0.500. The summed E-state index contributed by atoms with van der Waals surface area (Å²) in [5, 5.41) is 4.69. The van der Waals surface area contributed by atoms with Gasteiger partial charge in [0.15, 0.2) is 0 Å². The largest absolute Gasteiger partial charge is 0.346 e. The van der Waals surface area contributed by atoms with Crippen LogP contribution in [0.1, 0.15) is 18.9 Å². The minimum atomic E-state index is 0.677. The number of hydrogen-bond acceptors (Lipinski definition) is 3. The number of nitrogens with zero attached hydrogens (tertiary/aromatic N) is 2. The molecule has 4 heteroatoms. The van der Waals surface area contributed by atoms with E-state index in [1.807, 2.05) is 12.3 Å². The molecule has 0 radical (unpaired) electrons. The van der Waals surface area contributed by atoms with Crippen LogP contribution in [0.25, 0.3) is 11.0 Å². The van der Waals surface area contributed by atoms with Crippen LogP contribution < -0.4 is 5.32 Å². The standard InChI is InChI=1S/C14H20N4/c1-2-18(12-5-7-15-9-12)10-11-8-17-14-13(11)4-3-6-16-14/h3-4,6,8,12,15H,2,5,7,9-10H2,1H3,(H,16,17). The molecule has 4 nitrogen and oxygen atoms in total. The molecule has 1 atom stereocenters. The first-order chi connectivity index (χ1) is 8.88. The van der Waals surface area contributed by atoms with E-state index in [2.05, 4.69) is 39.4 Å². The zero-order chi connectivity index (χ0) is 12.4. The fourth-order valence-electron chi connectivity index (χ4n) is 2.81. The van der Waals surface area contributed by atoms with E-state index in [1.54, 1.807) is 0 Å². The Labute approximate surface area is 107 Å². The molecule has 1 saturated heterocycles. The molecule has 0 aromatic carbocycles. The van der Waals surface area contributed by atoms with Crippen molar-refractivity contribution < 1.29 is 0 Å². The molecule has 1 unspecified atom stereocenters. The summed E-state index contributed by atoms with van der Waals surface area (Å²) in [7, 11) is 0. The van der Waals surface area contributed by atoms with Crippen molar-refractivity contribution in [3.63, 3.8) is 0 Å². The summed E-state index contributed by atoms with van der Waals surface area (Å²) < 4.78 is 0. The molecule has 0 bridgehead atoms. The van der Waals surface area contributed by atoms with Crippen molar-refractivity contribution in [1.82, 2.24) is 20.2 Å². The SMILES string of the molecule is CCN(Cc1c[nH]c2ncccc12)C1CCNC1. The highest BCUT2D eigenvalue weighted by Gasteiger charge is 2.21. The van der Waals surface area contributed by atoms with Gasteiger partial charge in [-0.25, -0.2) is 4.98 Å². The predicted octanol–water partition coefficient (Wildman–Crippen LogP) is 1.75. The molecule has 1 fully saturated rings. The van der Waals surface area contributed by atoms with Crippen LogP contribution in [0.15, 0.2) is 24.5 Å². The molecular weight excluding hydrogens is 224 g/mol. The summed E-state index contributed by atoms with van der Waals surface area (Å²) in [5.74, 6) is 0. The van der Waals surface area contributed by atoms with E-state index in [1.165, 1.54) is 17.4 Å². The number of aromatic amines is 1. The van der Waals surface area contributed by atoms with Gasteiger partial charge in [0.1, 0.15) is 5.65 Å². The Morgan fingerprint density at radius 3 is 3.22 bits per heavy atom. The number of fused-ring (bicyclic) bond motifs is 1. The molecule has 96 valence electrons. The molecule has 1 aliphatic rings. The monoisotopic (exact) mass is 244 g/mol. The van der Waals surface area contributed by atoms with Gasteiger partial charge in [-0.2, -0.15) is 0 Å². The summed E-state index contributed by atoms with van der Waals surface area (Å²) in [6, 6.07) is 4.83. The Morgan fingerprint density at radius 2 is 2.44 bits per heavy atom. The lowest BCUT2D eigenvalue weighted by Gasteiger charge is -2.26. The normalized spacial score (nSPS) is 20.0. The molecule has 2 N–H and O–H groups in total. The Balaban J connectivity index is 1.81. The van der Waals surface area contributed by atoms with E-state index >= 15 is 0 Å². The van der Waals surface area contributed by atoms with Gasteiger partial charge in [-0.05, 0) is 37.2 Å². The Hall–Kier alpha value is -1.39. The van der Waals surface area contributed by atoms with Crippen LogP contribution in [0.4, 0.5) is 0 Å². The first-order valence-corrected chi connectivity index (χ1v) is 6.74. The van der Waals surface area contributed by atoms with Crippen LogP contribution in [-0.4, -0.2) is 40.5 Å². The summed E-state index contributed by atoms with van der Waals surface area (Å²) >= 11 is 0. The maximum Gasteiger partial charge on any atom is 0.137 e. The van der Waals surface area contributed by atoms with Crippen molar-refractivity contribution in [2.45, 2.75) is 25.9 Å². The van der Waals surface area contributed by atoms with Gasteiger partial charge in [-0.15, -0.1) is 0 Å². The van der Waals surface area contributed by atoms with Crippen molar-refractivity contribution in [1.29, 1.82) is 0 Å². The first-order valence-electron chi connectivity index (χ1n) is 6.74. The second kappa shape index (κ2) is 5.08. The number of aromatic nitrogens is 2. The number of likely N-dealkylation sites (N-methyl/N-ethyl adjacent to an activating group) is 1. The lowest BCUT2D eigenvalue weighted by Crippen LogP contribution is -2.36. The maximum atomic E-state index is 4.35. The minimum absolute atomic E-state index is 0.677. The van der Waals surface area contributed by atoms with Gasteiger partial charge in [0.05, 0.1) is 0 Å². The van der Waals surface area contributed by atoms with Crippen LogP contribution in [0.3, 0.4) is 0 Å². The minimum Gasteiger partial charge on any atom is -0.346 e. The van der Waals surface area contributed by atoms with Crippen molar-refractivity contribution in [3.8, 4) is 0 Å². The average Bonchev–Trinajstić information content (AvgIpc) is 3.06. The van der Waals surface area contributed by atoms with E-state index in [4.69, 9.17) is 0 Å². The van der Waals surface area contributed by atoms with Crippen LogP contribution in [0, 0.1) is 0 Å². The lowest BCUT2D eigenvalue weighted by atomic mass is 10.1. The second-order valence-corrected chi connectivity index (χ2v) is 4.92. The molecule has 3 rings (SSSR count). The van der Waals surface area contributed by atoms with Crippen molar-refractivity contribution in [2.75, 3.05) is 19.6 Å².